The lowest BCUT2D eigenvalue weighted by molar-refractivity contribution is -0.0734. The summed E-state index contributed by atoms with van der Waals surface area (Å²) in [6.07, 6.45) is 9.13. The molecule has 3 fully saturated rings. The maximum absolute atomic E-state index is 6.41. The van der Waals surface area contributed by atoms with Crippen LogP contribution in [-0.4, -0.2) is 94.7 Å². The van der Waals surface area contributed by atoms with Crippen molar-refractivity contribution in [3.63, 3.8) is 0 Å². The van der Waals surface area contributed by atoms with Crippen LogP contribution in [0.2, 0.25) is 0 Å². The van der Waals surface area contributed by atoms with E-state index in [-0.39, 0.29) is 34.9 Å². The highest BCUT2D eigenvalue weighted by Gasteiger charge is 2.41. The zero-order valence-electron chi connectivity index (χ0n) is 25.5. The smallest absolute Gasteiger partial charge is 0.0997 e. The first-order valence-electron chi connectivity index (χ1n) is 14.4. The van der Waals surface area contributed by atoms with Gasteiger partial charge in [0, 0.05) is 37.6 Å². The average Bonchev–Trinajstić information content (AvgIpc) is 2.75. The summed E-state index contributed by atoms with van der Waals surface area (Å²) in [5, 5.41) is 4.44. The van der Waals surface area contributed by atoms with E-state index in [2.05, 4.69) is 63.6 Å². The SMILES string of the molecule is C.CC(C)[C@H](CN1CCC(C2CCC(Cl)CC2)C(C)(C)C1)NC[C@@H]1CCCN(COC(C)(C)C)C1.O.O.O.O. The van der Waals surface area contributed by atoms with Crippen LogP contribution in [0.5, 0.6) is 0 Å². The molecule has 3 atom stereocenters. The van der Waals surface area contributed by atoms with E-state index in [0.717, 1.165) is 37.6 Å². The second-order valence-corrected chi connectivity index (χ2v) is 14.5. The Labute approximate surface area is 246 Å². The molecule has 1 saturated carbocycles. The van der Waals surface area contributed by atoms with Crippen LogP contribution in [0, 0.1) is 29.1 Å². The van der Waals surface area contributed by atoms with Crippen molar-refractivity contribution in [2.75, 3.05) is 46.0 Å². The van der Waals surface area contributed by atoms with Crippen LogP contribution >= 0.6 is 11.6 Å². The van der Waals surface area contributed by atoms with Crippen molar-refractivity contribution in [1.82, 2.24) is 15.1 Å². The molecule has 39 heavy (non-hydrogen) atoms. The maximum atomic E-state index is 6.41. The second-order valence-electron chi connectivity index (χ2n) is 13.9. The lowest BCUT2D eigenvalue weighted by atomic mass is 9.64. The van der Waals surface area contributed by atoms with E-state index >= 15 is 0 Å². The molecule has 8 nitrogen and oxygen atoms in total. The Kier molecular flexibility index (Phi) is 21.4. The monoisotopic (exact) mass is 585 g/mol. The van der Waals surface area contributed by atoms with E-state index in [9.17, 15) is 0 Å². The summed E-state index contributed by atoms with van der Waals surface area (Å²) in [5.41, 5.74) is 0.346. The third-order valence-electron chi connectivity index (χ3n) is 8.87. The normalized spacial score (nSPS) is 28.5. The Bertz CT molecular complexity index is 612. The lowest BCUT2D eigenvalue weighted by Gasteiger charge is -2.49. The van der Waals surface area contributed by atoms with Crippen molar-refractivity contribution < 1.29 is 26.6 Å². The second kappa shape index (κ2) is 19.2. The molecule has 0 spiro atoms. The van der Waals surface area contributed by atoms with Gasteiger partial charge in [0.1, 0.15) is 0 Å². The number of likely N-dealkylation sites (tertiary alicyclic amines) is 2. The number of nitrogens with one attached hydrogen (secondary N) is 1. The largest absolute Gasteiger partial charge is 0.412 e. The van der Waals surface area contributed by atoms with E-state index in [1.54, 1.807) is 0 Å². The highest BCUT2D eigenvalue weighted by atomic mass is 35.5. The van der Waals surface area contributed by atoms with Gasteiger partial charge < -0.3 is 36.9 Å². The molecule has 3 aliphatic rings. The van der Waals surface area contributed by atoms with Crippen LogP contribution in [0.4, 0.5) is 0 Å². The van der Waals surface area contributed by atoms with Crippen molar-refractivity contribution in [2.45, 2.75) is 118 Å². The molecular weight excluding hydrogens is 518 g/mol. The summed E-state index contributed by atoms with van der Waals surface area (Å²) < 4.78 is 6.05. The van der Waals surface area contributed by atoms with Crippen LogP contribution in [-0.2, 0) is 4.74 Å². The molecule has 0 bridgehead atoms. The quantitative estimate of drug-likeness (QED) is 0.411. The molecule has 1 unspecified atom stereocenters. The highest BCUT2D eigenvalue weighted by molar-refractivity contribution is 6.20. The molecule has 0 amide bonds. The minimum Gasteiger partial charge on any atom is -0.412 e. The lowest BCUT2D eigenvalue weighted by Crippen LogP contribution is -2.54. The van der Waals surface area contributed by atoms with Gasteiger partial charge in [-0.25, -0.2) is 0 Å². The van der Waals surface area contributed by atoms with Gasteiger partial charge in [-0.2, -0.15) is 0 Å². The van der Waals surface area contributed by atoms with Gasteiger partial charge in [-0.05, 0) is 108 Å². The molecule has 2 heterocycles. The zero-order chi connectivity index (χ0) is 24.9. The number of piperidine rings is 2. The predicted octanol–water partition coefficient (Wildman–Crippen LogP) is 3.57. The molecule has 240 valence electrons. The van der Waals surface area contributed by atoms with Gasteiger partial charge in [-0.3, -0.25) is 4.90 Å². The average molecular weight is 586 g/mol. The Balaban J connectivity index is -0.00000259. The summed E-state index contributed by atoms with van der Waals surface area (Å²) >= 11 is 6.41. The van der Waals surface area contributed by atoms with Gasteiger partial charge >= 0.3 is 0 Å². The summed E-state index contributed by atoms with van der Waals surface area (Å²) in [7, 11) is 0. The van der Waals surface area contributed by atoms with Gasteiger partial charge in [-0.1, -0.05) is 35.1 Å². The summed E-state index contributed by atoms with van der Waals surface area (Å²) in [6.45, 7) is 24.2. The molecule has 0 aromatic heterocycles. The Morgan fingerprint density at radius 1 is 0.923 bits per heavy atom. The fourth-order valence-corrected chi connectivity index (χ4v) is 7.07. The molecule has 3 rings (SSSR count). The van der Waals surface area contributed by atoms with Crippen molar-refractivity contribution >= 4 is 11.6 Å². The van der Waals surface area contributed by atoms with Crippen LogP contribution in [0.25, 0.3) is 0 Å². The first kappa shape index (κ1) is 43.4. The van der Waals surface area contributed by atoms with Gasteiger partial charge in [0.2, 0.25) is 0 Å². The van der Waals surface area contributed by atoms with E-state index in [1.165, 1.54) is 71.1 Å². The molecule has 1 aliphatic carbocycles. The third kappa shape index (κ3) is 14.1. The number of halogens is 1. The Morgan fingerprint density at radius 3 is 2.08 bits per heavy atom. The molecule has 9 N–H and O–H groups in total. The highest BCUT2D eigenvalue weighted by Crippen LogP contribution is 2.45. The molecule has 0 radical (unpaired) electrons. The van der Waals surface area contributed by atoms with E-state index in [4.69, 9.17) is 16.3 Å². The van der Waals surface area contributed by atoms with Crippen LogP contribution in [0.15, 0.2) is 0 Å². The fourth-order valence-electron chi connectivity index (χ4n) is 6.82. The minimum atomic E-state index is -0.0569. The summed E-state index contributed by atoms with van der Waals surface area (Å²) in [6, 6.07) is 0.570. The van der Waals surface area contributed by atoms with E-state index < -0.39 is 0 Å². The third-order valence-corrected chi connectivity index (χ3v) is 9.31. The molecule has 9 heteroatoms. The van der Waals surface area contributed by atoms with Crippen LogP contribution in [0.1, 0.15) is 101 Å². The van der Waals surface area contributed by atoms with Crippen molar-refractivity contribution in [1.29, 1.82) is 0 Å². The first-order chi connectivity index (χ1) is 15.9. The van der Waals surface area contributed by atoms with E-state index in [0.29, 0.717) is 22.8 Å². The number of nitrogens with zero attached hydrogens (tertiary/aromatic N) is 2. The molecule has 2 saturated heterocycles. The predicted molar refractivity (Wildman–Crippen MR) is 168 cm³/mol. The topological polar surface area (TPSA) is 154 Å². The van der Waals surface area contributed by atoms with Crippen molar-refractivity contribution in [3.8, 4) is 0 Å². The molecule has 0 aromatic rings. The molecule has 0 aromatic carbocycles. The zero-order valence-corrected chi connectivity index (χ0v) is 26.3. The number of rotatable bonds is 9. The van der Waals surface area contributed by atoms with Crippen molar-refractivity contribution in [2.24, 2.45) is 29.1 Å². The summed E-state index contributed by atoms with van der Waals surface area (Å²) in [5.74, 6) is 3.14. The Morgan fingerprint density at radius 2 is 1.54 bits per heavy atom. The minimum absolute atomic E-state index is 0. The van der Waals surface area contributed by atoms with Crippen LogP contribution in [0.3, 0.4) is 0 Å². The summed E-state index contributed by atoms with van der Waals surface area (Å²) in [4.78, 5) is 5.28. The number of alkyl halides is 1. The fraction of sp³-hybridized carbons (Fsp3) is 1.00. The van der Waals surface area contributed by atoms with Crippen molar-refractivity contribution in [3.05, 3.63) is 0 Å². The van der Waals surface area contributed by atoms with Crippen LogP contribution < -0.4 is 5.32 Å². The molecular formula is C30H68ClN3O5. The number of hydrogen-bond acceptors (Lipinski definition) is 4. The van der Waals surface area contributed by atoms with E-state index in [1.807, 2.05) is 0 Å². The maximum Gasteiger partial charge on any atom is 0.0997 e. The van der Waals surface area contributed by atoms with Gasteiger partial charge in [0.15, 0.2) is 0 Å². The molecule has 2 aliphatic heterocycles. The van der Waals surface area contributed by atoms with Gasteiger partial charge in [0.25, 0.3) is 0 Å². The number of ether oxygens (including phenoxy) is 1. The van der Waals surface area contributed by atoms with Gasteiger partial charge in [0.05, 0.1) is 12.3 Å². The Hall–Kier alpha value is -0.0300. The number of hydrogen-bond donors (Lipinski definition) is 1. The first-order valence-corrected chi connectivity index (χ1v) is 14.8. The van der Waals surface area contributed by atoms with Gasteiger partial charge in [-0.15, -0.1) is 11.6 Å². The standard InChI is InChI=1S/C29H56ClN3O.CH4.4H2O/c1-22(2)27(31-17-23-9-8-15-33(18-23)21-34-28(3,4)5)19-32-16-14-26(29(6,7)20-32)24-10-12-25(30)13-11-24;;;;;/h22-27,31H,8-21H2,1-7H3;1H4;4*1H2/t23-,24?,25?,26?,27-;;;;;/m0...../s1.